The molecule has 0 spiro atoms. The molecule has 0 saturated heterocycles. The summed E-state index contributed by atoms with van der Waals surface area (Å²) in [6.45, 7) is 0. The number of nitrogens with zero attached hydrogens (tertiary/aromatic N) is 2. The molecule has 4 rings (SSSR count). The van der Waals surface area contributed by atoms with Gasteiger partial charge in [0.05, 0.1) is 5.57 Å². The molecule has 0 unspecified atom stereocenters. The summed E-state index contributed by atoms with van der Waals surface area (Å²) in [5.74, 6) is -0.150. The number of amides is 1. The molecule has 1 N–H and O–H groups in total. The largest absolute Gasteiger partial charge is 0.321 e. The van der Waals surface area contributed by atoms with Gasteiger partial charge in [0.2, 0.25) is 0 Å². The number of hydrogen-bond acceptors (Lipinski definition) is 4. The summed E-state index contributed by atoms with van der Waals surface area (Å²) in [4.78, 5) is 12.1. The van der Waals surface area contributed by atoms with Crippen molar-refractivity contribution < 1.29 is 9.42 Å². The summed E-state index contributed by atoms with van der Waals surface area (Å²) in [7, 11) is 0. The minimum atomic E-state index is -0.150. The summed E-state index contributed by atoms with van der Waals surface area (Å²) in [6, 6.07) is 17.1. The van der Waals surface area contributed by atoms with E-state index in [9.17, 15) is 4.79 Å². The minimum Gasteiger partial charge on any atom is -0.321 e. The zero-order valence-electron chi connectivity index (χ0n) is 11.5. The van der Waals surface area contributed by atoms with Crippen molar-refractivity contribution >= 4 is 23.2 Å². The first-order valence-corrected chi connectivity index (χ1v) is 6.83. The van der Waals surface area contributed by atoms with E-state index in [4.69, 9.17) is 4.63 Å². The second kappa shape index (κ2) is 4.96. The Labute approximate surface area is 126 Å². The van der Waals surface area contributed by atoms with E-state index in [1.54, 1.807) is 6.08 Å². The maximum absolute atomic E-state index is 12.1. The van der Waals surface area contributed by atoms with E-state index in [0.717, 1.165) is 16.8 Å². The predicted molar refractivity (Wildman–Crippen MR) is 82.7 cm³/mol. The average Bonchev–Trinajstić information content (AvgIpc) is 3.14. The Kier molecular flexibility index (Phi) is 2.83. The van der Waals surface area contributed by atoms with E-state index >= 15 is 0 Å². The number of nitrogens with one attached hydrogen (secondary N) is 1. The predicted octanol–water partition coefficient (Wildman–Crippen LogP) is 3.23. The quantitative estimate of drug-likeness (QED) is 0.735. The molecular formula is C17H11N3O2. The van der Waals surface area contributed by atoms with Crippen molar-refractivity contribution in [1.82, 2.24) is 10.3 Å². The molecule has 5 heteroatoms. The number of aromatic nitrogens is 2. The summed E-state index contributed by atoms with van der Waals surface area (Å²) < 4.78 is 4.86. The van der Waals surface area contributed by atoms with Crippen LogP contribution < -0.4 is 5.32 Å². The van der Waals surface area contributed by atoms with Crippen LogP contribution in [0, 0.1) is 0 Å². The van der Waals surface area contributed by atoms with Gasteiger partial charge in [-0.1, -0.05) is 48.5 Å². The lowest BCUT2D eigenvalue weighted by atomic mass is 10.0. The molecule has 3 aromatic rings. The van der Waals surface area contributed by atoms with Crippen LogP contribution in [0.2, 0.25) is 0 Å². The molecule has 0 atom stereocenters. The van der Waals surface area contributed by atoms with E-state index in [-0.39, 0.29) is 5.91 Å². The van der Waals surface area contributed by atoms with Gasteiger partial charge in [0.1, 0.15) is 11.4 Å². The van der Waals surface area contributed by atoms with Crippen molar-refractivity contribution in [3.8, 4) is 11.3 Å². The Morgan fingerprint density at radius 3 is 2.59 bits per heavy atom. The zero-order valence-corrected chi connectivity index (χ0v) is 11.5. The van der Waals surface area contributed by atoms with Gasteiger partial charge < -0.3 is 5.32 Å². The molecule has 0 radical (unpaired) electrons. The van der Waals surface area contributed by atoms with Crippen LogP contribution in [-0.2, 0) is 4.79 Å². The Morgan fingerprint density at radius 2 is 1.73 bits per heavy atom. The Hall–Kier alpha value is -3.21. The molecule has 2 aromatic carbocycles. The smallest absolute Gasteiger partial charge is 0.256 e. The molecule has 0 saturated carbocycles. The molecule has 1 aromatic heterocycles. The molecule has 22 heavy (non-hydrogen) atoms. The number of fused-ring (bicyclic) bond motifs is 1. The summed E-state index contributed by atoms with van der Waals surface area (Å²) >= 11 is 0. The number of carbonyl (C=O) groups is 1. The Balaban J connectivity index is 1.82. The van der Waals surface area contributed by atoms with Crippen LogP contribution >= 0.6 is 0 Å². The number of hydrogen-bond donors (Lipinski definition) is 1. The van der Waals surface area contributed by atoms with Crippen molar-refractivity contribution in [2.45, 2.75) is 0 Å². The van der Waals surface area contributed by atoms with E-state index in [1.165, 1.54) is 0 Å². The van der Waals surface area contributed by atoms with Gasteiger partial charge in [-0.2, -0.15) is 0 Å². The second-order valence-electron chi connectivity index (χ2n) is 4.92. The first kappa shape index (κ1) is 12.5. The normalized spacial score (nSPS) is 14.9. The Bertz CT molecular complexity index is 882. The molecule has 0 bridgehead atoms. The van der Waals surface area contributed by atoms with E-state index in [0.29, 0.717) is 17.0 Å². The van der Waals surface area contributed by atoms with Crippen LogP contribution in [0.4, 0.5) is 5.69 Å². The van der Waals surface area contributed by atoms with Crippen LogP contribution in [0.25, 0.3) is 22.9 Å². The highest BCUT2D eigenvalue weighted by atomic mass is 16.6. The van der Waals surface area contributed by atoms with Crippen molar-refractivity contribution in [2.75, 3.05) is 5.32 Å². The van der Waals surface area contributed by atoms with Crippen LogP contribution in [-0.4, -0.2) is 16.2 Å². The fraction of sp³-hybridized carbons (Fsp3) is 0. The van der Waals surface area contributed by atoms with Crippen molar-refractivity contribution in [1.29, 1.82) is 0 Å². The molecule has 0 aliphatic carbocycles. The van der Waals surface area contributed by atoms with Gasteiger partial charge in [0.25, 0.3) is 5.91 Å². The molecule has 106 valence electrons. The third kappa shape index (κ3) is 2.00. The van der Waals surface area contributed by atoms with Crippen LogP contribution in [0.1, 0.15) is 11.3 Å². The topological polar surface area (TPSA) is 68.0 Å². The van der Waals surface area contributed by atoms with Gasteiger partial charge in [-0.05, 0) is 22.5 Å². The molecular weight excluding hydrogens is 278 g/mol. The van der Waals surface area contributed by atoms with Crippen LogP contribution in [0.5, 0.6) is 0 Å². The third-order valence-electron chi connectivity index (χ3n) is 3.55. The number of rotatable bonds is 2. The summed E-state index contributed by atoms with van der Waals surface area (Å²) in [6.07, 6.45) is 1.71. The maximum atomic E-state index is 12.1. The molecule has 1 aliphatic heterocycles. The van der Waals surface area contributed by atoms with Crippen molar-refractivity contribution in [3.63, 3.8) is 0 Å². The lowest BCUT2D eigenvalue weighted by molar-refractivity contribution is -0.110. The fourth-order valence-corrected chi connectivity index (χ4v) is 2.51. The van der Waals surface area contributed by atoms with E-state index in [2.05, 4.69) is 15.6 Å². The first-order chi connectivity index (χ1) is 10.8. The second-order valence-corrected chi connectivity index (χ2v) is 4.92. The number of anilines is 1. The maximum Gasteiger partial charge on any atom is 0.256 e. The van der Waals surface area contributed by atoms with Gasteiger partial charge in [0.15, 0.2) is 0 Å². The SMILES string of the molecule is O=C1Nc2ccccc2/C1=C/c1nonc1-c1ccccc1. The average molecular weight is 289 g/mol. The summed E-state index contributed by atoms with van der Waals surface area (Å²) in [5.41, 5.74) is 4.26. The van der Waals surface area contributed by atoms with Gasteiger partial charge >= 0.3 is 0 Å². The van der Waals surface area contributed by atoms with Gasteiger partial charge in [-0.3, -0.25) is 4.79 Å². The minimum absolute atomic E-state index is 0.150. The molecule has 5 nitrogen and oxygen atoms in total. The van der Waals surface area contributed by atoms with E-state index < -0.39 is 0 Å². The van der Waals surface area contributed by atoms with Gasteiger partial charge in [-0.15, -0.1) is 0 Å². The monoisotopic (exact) mass is 289 g/mol. The first-order valence-electron chi connectivity index (χ1n) is 6.83. The van der Waals surface area contributed by atoms with Gasteiger partial charge in [0, 0.05) is 16.8 Å². The molecule has 2 heterocycles. The fourth-order valence-electron chi connectivity index (χ4n) is 2.51. The van der Waals surface area contributed by atoms with Crippen LogP contribution in [0.15, 0.2) is 59.2 Å². The highest BCUT2D eigenvalue weighted by Gasteiger charge is 2.24. The lowest BCUT2D eigenvalue weighted by Crippen LogP contribution is -2.03. The number of carbonyl (C=O) groups excluding carboxylic acids is 1. The Morgan fingerprint density at radius 1 is 0.955 bits per heavy atom. The lowest BCUT2D eigenvalue weighted by Gasteiger charge is -1.98. The highest BCUT2D eigenvalue weighted by Crippen LogP contribution is 2.33. The molecule has 0 fully saturated rings. The standard InChI is InChI=1S/C17H11N3O2/c21-17-13(12-8-4-5-9-14(12)18-17)10-15-16(20-22-19-15)11-6-2-1-3-7-11/h1-10H,(H,18,21)/b13-10-. The van der Waals surface area contributed by atoms with Gasteiger partial charge in [-0.25, -0.2) is 4.63 Å². The summed E-state index contributed by atoms with van der Waals surface area (Å²) in [5, 5.41) is 10.7. The highest BCUT2D eigenvalue weighted by molar-refractivity contribution is 6.34. The van der Waals surface area contributed by atoms with Crippen LogP contribution in [0.3, 0.4) is 0 Å². The molecule has 1 aliphatic rings. The molecule has 1 amide bonds. The van der Waals surface area contributed by atoms with E-state index in [1.807, 2.05) is 54.6 Å². The van der Waals surface area contributed by atoms with Crippen molar-refractivity contribution in [3.05, 3.63) is 65.9 Å². The zero-order chi connectivity index (χ0) is 14.9. The third-order valence-corrected chi connectivity index (χ3v) is 3.55. The number of para-hydroxylation sites is 1. The number of benzene rings is 2. The van der Waals surface area contributed by atoms with Crippen molar-refractivity contribution in [2.24, 2.45) is 0 Å².